The van der Waals surface area contributed by atoms with Crippen molar-refractivity contribution in [2.75, 3.05) is 0 Å². The maximum Gasteiger partial charge on any atom is 0.409 e. The molecule has 0 radical (unpaired) electrons. The summed E-state index contributed by atoms with van der Waals surface area (Å²) in [5.41, 5.74) is -3.37. The lowest BCUT2D eigenvalue weighted by Gasteiger charge is -2.37. The molecular weight excluding hydrogens is 460 g/mol. The third-order valence-corrected chi connectivity index (χ3v) is 5.84. The van der Waals surface area contributed by atoms with Crippen LogP contribution in [0.15, 0.2) is 18.2 Å². The summed E-state index contributed by atoms with van der Waals surface area (Å²) in [5, 5.41) is 3.54. The van der Waals surface area contributed by atoms with Crippen molar-refractivity contribution in [3.8, 4) is 0 Å². The van der Waals surface area contributed by atoms with E-state index in [1.807, 2.05) is 0 Å². The molecule has 2 atom stereocenters. The smallest absolute Gasteiger partial charge is 0.340 e. The number of carbonyl (C=O) groups excluding carboxylic acids is 4. The van der Waals surface area contributed by atoms with Gasteiger partial charge in [-0.3, -0.25) is 24.5 Å². The Hall–Kier alpha value is -3.12. The van der Waals surface area contributed by atoms with E-state index in [-0.39, 0.29) is 36.1 Å². The van der Waals surface area contributed by atoms with Crippen LogP contribution in [0.4, 0.5) is 26.3 Å². The Morgan fingerprint density at radius 1 is 1.12 bits per heavy atom. The van der Waals surface area contributed by atoms with E-state index in [9.17, 15) is 45.5 Å². The lowest BCUT2D eigenvalue weighted by molar-refractivity contribution is -0.267. The molecule has 180 valence electrons. The zero-order chi connectivity index (χ0) is 24.9. The topological polar surface area (TPSA) is 95.6 Å². The summed E-state index contributed by atoms with van der Waals surface area (Å²) >= 11 is 0. The lowest BCUT2D eigenvalue weighted by Crippen LogP contribution is -2.59. The number of rotatable bonds is 4. The van der Waals surface area contributed by atoms with E-state index in [4.69, 9.17) is 0 Å². The van der Waals surface area contributed by atoms with Crippen molar-refractivity contribution in [1.82, 2.24) is 15.5 Å². The first-order valence-corrected chi connectivity index (χ1v) is 9.76. The predicted octanol–water partition coefficient (Wildman–Crippen LogP) is 2.70. The standard InChI is InChI=1S/C20H19F6N3O4/c1-18(2,20(24,25)26)17(19(21,22)23)28-14(31)9-3-4-11-10(7-9)8-29(16(11)33)12-5-6-13(30)27-15(12)32/h3-4,7,12,17H,5-6,8H2,1-2H3,(H,28,31)(H,27,30,32)/t12?,17-/m1/s1. The summed E-state index contributed by atoms with van der Waals surface area (Å²) < 4.78 is 79.8. The van der Waals surface area contributed by atoms with Crippen LogP contribution in [0.5, 0.6) is 0 Å². The van der Waals surface area contributed by atoms with Crippen LogP contribution in [0.1, 0.15) is 53.0 Å². The Kier molecular flexibility index (Phi) is 5.97. The molecule has 0 bridgehead atoms. The van der Waals surface area contributed by atoms with Crippen molar-refractivity contribution in [1.29, 1.82) is 0 Å². The van der Waals surface area contributed by atoms with Crippen LogP contribution in [0.25, 0.3) is 0 Å². The maximum atomic E-state index is 13.4. The third-order valence-electron chi connectivity index (χ3n) is 5.84. The highest BCUT2D eigenvalue weighted by molar-refractivity contribution is 6.06. The van der Waals surface area contributed by atoms with E-state index in [1.165, 1.54) is 10.2 Å². The summed E-state index contributed by atoms with van der Waals surface area (Å²) in [7, 11) is 0. The molecule has 0 saturated carbocycles. The van der Waals surface area contributed by atoms with E-state index in [1.54, 1.807) is 0 Å². The maximum absolute atomic E-state index is 13.4. The molecule has 4 amide bonds. The van der Waals surface area contributed by atoms with Gasteiger partial charge in [-0.15, -0.1) is 0 Å². The number of hydrogen-bond donors (Lipinski definition) is 2. The normalized spacial score (nSPS) is 20.4. The molecule has 13 heteroatoms. The Bertz CT molecular complexity index is 1020. The quantitative estimate of drug-likeness (QED) is 0.513. The number of benzene rings is 1. The van der Waals surface area contributed by atoms with E-state index < -0.39 is 53.5 Å². The monoisotopic (exact) mass is 479 g/mol. The van der Waals surface area contributed by atoms with Gasteiger partial charge >= 0.3 is 12.4 Å². The number of nitrogens with zero attached hydrogens (tertiary/aromatic N) is 1. The highest BCUT2D eigenvalue weighted by Gasteiger charge is 2.61. The van der Waals surface area contributed by atoms with Crippen LogP contribution in [0.2, 0.25) is 0 Å². The molecule has 2 heterocycles. The molecule has 0 aliphatic carbocycles. The number of fused-ring (bicyclic) bond motifs is 1. The van der Waals surface area contributed by atoms with Gasteiger partial charge in [0.15, 0.2) is 0 Å². The number of imide groups is 1. The molecule has 1 aromatic rings. The molecule has 7 nitrogen and oxygen atoms in total. The second kappa shape index (κ2) is 8.03. The van der Waals surface area contributed by atoms with Crippen LogP contribution < -0.4 is 10.6 Å². The minimum Gasteiger partial charge on any atom is -0.340 e. The van der Waals surface area contributed by atoms with E-state index in [0.29, 0.717) is 13.8 Å². The van der Waals surface area contributed by atoms with Gasteiger partial charge < -0.3 is 10.2 Å². The SMILES string of the molecule is CC(C)([C@@H](NC(=O)c1ccc2c(c1)CN(C1CCC(=O)NC1=O)C2=O)C(F)(F)F)C(F)(F)F. The summed E-state index contributed by atoms with van der Waals surface area (Å²) in [4.78, 5) is 49.6. The van der Waals surface area contributed by atoms with Gasteiger partial charge in [0.25, 0.3) is 11.8 Å². The Balaban J connectivity index is 1.83. The highest BCUT2D eigenvalue weighted by Crippen LogP contribution is 2.45. The van der Waals surface area contributed by atoms with Gasteiger partial charge in [0.2, 0.25) is 11.8 Å². The minimum absolute atomic E-state index is 0.0119. The van der Waals surface area contributed by atoms with Gasteiger partial charge in [0, 0.05) is 24.1 Å². The Morgan fingerprint density at radius 2 is 1.76 bits per heavy atom. The number of nitrogens with one attached hydrogen (secondary N) is 2. The van der Waals surface area contributed by atoms with Crippen molar-refractivity contribution in [2.24, 2.45) is 5.41 Å². The molecular formula is C20H19F6N3O4. The van der Waals surface area contributed by atoms with Gasteiger partial charge in [-0.05, 0) is 44.0 Å². The molecule has 2 aliphatic heterocycles. The van der Waals surface area contributed by atoms with Crippen LogP contribution in [-0.4, -0.2) is 53.0 Å². The van der Waals surface area contributed by atoms with E-state index in [0.717, 1.165) is 18.2 Å². The second-order valence-corrected chi connectivity index (χ2v) is 8.44. The summed E-state index contributed by atoms with van der Waals surface area (Å²) in [6.45, 7) is 0.521. The number of halogens is 6. The summed E-state index contributed by atoms with van der Waals surface area (Å²) in [6.07, 6.45) is -10.5. The zero-order valence-electron chi connectivity index (χ0n) is 17.4. The molecule has 1 saturated heterocycles. The molecule has 2 aliphatic rings. The number of carbonyl (C=O) groups is 4. The largest absolute Gasteiger partial charge is 0.409 e. The molecule has 33 heavy (non-hydrogen) atoms. The van der Waals surface area contributed by atoms with Crippen LogP contribution >= 0.6 is 0 Å². The first kappa shape index (κ1) is 24.5. The van der Waals surface area contributed by atoms with Gasteiger partial charge in [-0.2, -0.15) is 26.3 Å². The number of piperidine rings is 1. The first-order valence-electron chi connectivity index (χ1n) is 9.76. The van der Waals surface area contributed by atoms with Gasteiger partial charge in [0.05, 0.1) is 5.41 Å². The lowest BCUT2D eigenvalue weighted by atomic mass is 9.83. The Morgan fingerprint density at radius 3 is 2.30 bits per heavy atom. The van der Waals surface area contributed by atoms with Crippen molar-refractivity contribution in [3.05, 3.63) is 34.9 Å². The van der Waals surface area contributed by atoms with Crippen molar-refractivity contribution in [3.63, 3.8) is 0 Å². The summed E-state index contributed by atoms with van der Waals surface area (Å²) in [5.74, 6) is -3.13. The molecule has 0 spiro atoms. The Labute approximate surface area is 183 Å². The zero-order valence-corrected chi connectivity index (χ0v) is 17.4. The fourth-order valence-electron chi connectivity index (χ4n) is 3.77. The number of hydrogen-bond acceptors (Lipinski definition) is 4. The highest BCUT2D eigenvalue weighted by atomic mass is 19.4. The van der Waals surface area contributed by atoms with Crippen molar-refractivity contribution >= 4 is 23.6 Å². The fourth-order valence-corrected chi connectivity index (χ4v) is 3.77. The predicted molar refractivity (Wildman–Crippen MR) is 99.6 cm³/mol. The molecule has 1 fully saturated rings. The molecule has 2 N–H and O–H groups in total. The van der Waals surface area contributed by atoms with Crippen LogP contribution in [0.3, 0.4) is 0 Å². The molecule has 1 aromatic carbocycles. The third kappa shape index (κ3) is 4.53. The van der Waals surface area contributed by atoms with E-state index in [2.05, 4.69) is 5.32 Å². The molecule has 1 unspecified atom stereocenters. The molecule has 3 rings (SSSR count). The second-order valence-electron chi connectivity index (χ2n) is 8.44. The van der Waals surface area contributed by atoms with Gasteiger partial charge in [-0.1, -0.05) is 0 Å². The van der Waals surface area contributed by atoms with Crippen LogP contribution in [-0.2, 0) is 16.1 Å². The number of alkyl halides is 6. The number of amides is 4. The molecule has 0 aromatic heterocycles. The summed E-state index contributed by atoms with van der Waals surface area (Å²) in [6, 6.07) is -0.874. The fraction of sp³-hybridized carbons (Fsp3) is 0.500. The van der Waals surface area contributed by atoms with Gasteiger partial charge in [0.1, 0.15) is 12.1 Å². The van der Waals surface area contributed by atoms with Crippen molar-refractivity contribution in [2.45, 2.75) is 57.7 Å². The average Bonchev–Trinajstić information content (AvgIpc) is 2.99. The minimum atomic E-state index is -5.38. The first-order chi connectivity index (χ1) is 15.0. The average molecular weight is 479 g/mol. The van der Waals surface area contributed by atoms with E-state index >= 15 is 0 Å². The van der Waals surface area contributed by atoms with Crippen molar-refractivity contribution < 1.29 is 45.5 Å². The van der Waals surface area contributed by atoms with Gasteiger partial charge in [-0.25, -0.2) is 0 Å². The van der Waals surface area contributed by atoms with Crippen LogP contribution in [0, 0.1) is 5.41 Å².